The summed E-state index contributed by atoms with van der Waals surface area (Å²) in [6, 6.07) is 2.33. The monoisotopic (exact) mass is 273 g/mol. The highest BCUT2D eigenvalue weighted by molar-refractivity contribution is 5.53. The second-order valence-electron chi connectivity index (χ2n) is 6.24. The molecule has 0 bridgehead atoms. The normalized spacial score (nSPS) is 11.9. The Morgan fingerprint density at radius 3 is 2.45 bits per heavy atom. The lowest BCUT2D eigenvalue weighted by Gasteiger charge is -2.20. The van der Waals surface area contributed by atoms with Crippen LogP contribution in [0.5, 0.6) is 0 Å². The van der Waals surface area contributed by atoms with Gasteiger partial charge in [0.2, 0.25) is 0 Å². The van der Waals surface area contributed by atoms with Crippen molar-refractivity contribution in [3.8, 4) is 11.5 Å². The maximum atomic E-state index is 4.73. The van der Waals surface area contributed by atoms with E-state index in [0.717, 1.165) is 17.2 Å². The van der Waals surface area contributed by atoms with Crippen LogP contribution >= 0.6 is 0 Å². The van der Waals surface area contributed by atoms with Crippen LogP contribution in [-0.2, 0) is 5.41 Å². The van der Waals surface area contributed by atoms with Crippen molar-refractivity contribution in [1.29, 1.82) is 0 Å². The number of rotatable bonds is 3. The summed E-state index contributed by atoms with van der Waals surface area (Å²) in [7, 11) is 1.87. The Kier molecular flexibility index (Phi) is 3.79. The first kappa shape index (κ1) is 14.5. The molecule has 2 heterocycles. The molecule has 5 nitrogen and oxygen atoms in total. The van der Waals surface area contributed by atoms with Gasteiger partial charge in [-0.1, -0.05) is 20.8 Å². The number of nitrogens with one attached hydrogen (secondary N) is 1. The van der Waals surface area contributed by atoms with E-state index < -0.39 is 0 Å². The molecule has 0 radical (unpaired) electrons. The number of hydrogen-bond donors (Lipinski definition) is 1. The Hall–Kier alpha value is -1.91. The van der Waals surface area contributed by atoms with E-state index in [1.54, 1.807) is 0 Å². The summed E-state index contributed by atoms with van der Waals surface area (Å²) < 4.78 is 2.08. The average Bonchev–Trinajstić information content (AvgIpc) is 2.86. The third-order valence-corrected chi connectivity index (χ3v) is 3.20. The molecule has 2 aromatic rings. The predicted molar refractivity (Wildman–Crippen MR) is 81.9 cm³/mol. The van der Waals surface area contributed by atoms with Crippen LogP contribution in [0.4, 0.5) is 5.82 Å². The first-order chi connectivity index (χ1) is 9.32. The van der Waals surface area contributed by atoms with E-state index in [2.05, 4.69) is 54.5 Å². The van der Waals surface area contributed by atoms with Crippen LogP contribution in [0.1, 0.15) is 46.4 Å². The van der Waals surface area contributed by atoms with Crippen LogP contribution in [0.25, 0.3) is 11.5 Å². The van der Waals surface area contributed by atoms with E-state index in [4.69, 9.17) is 4.98 Å². The molecule has 0 amide bonds. The number of imidazole rings is 1. The third-order valence-electron chi connectivity index (χ3n) is 3.20. The molecule has 0 aliphatic carbocycles. The summed E-state index contributed by atoms with van der Waals surface area (Å²) in [5, 5.41) is 3.11. The molecule has 0 aliphatic rings. The van der Waals surface area contributed by atoms with Gasteiger partial charge in [0.1, 0.15) is 11.5 Å². The van der Waals surface area contributed by atoms with Crippen LogP contribution in [0.15, 0.2) is 18.6 Å². The van der Waals surface area contributed by atoms with Crippen LogP contribution in [0.3, 0.4) is 0 Å². The van der Waals surface area contributed by atoms with E-state index in [-0.39, 0.29) is 5.41 Å². The van der Waals surface area contributed by atoms with Crippen molar-refractivity contribution in [2.24, 2.45) is 0 Å². The molecule has 20 heavy (non-hydrogen) atoms. The van der Waals surface area contributed by atoms with E-state index in [1.807, 2.05) is 25.6 Å². The van der Waals surface area contributed by atoms with Gasteiger partial charge in [-0.2, -0.15) is 0 Å². The highest BCUT2D eigenvalue weighted by Crippen LogP contribution is 2.26. The van der Waals surface area contributed by atoms with Gasteiger partial charge >= 0.3 is 0 Å². The van der Waals surface area contributed by atoms with E-state index >= 15 is 0 Å². The second-order valence-corrected chi connectivity index (χ2v) is 6.24. The molecule has 0 saturated heterocycles. The van der Waals surface area contributed by atoms with Gasteiger partial charge in [0.05, 0.1) is 18.2 Å². The van der Waals surface area contributed by atoms with Crippen molar-refractivity contribution in [3.05, 3.63) is 24.3 Å². The molecule has 5 heteroatoms. The summed E-state index contributed by atoms with van der Waals surface area (Å²) >= 11 is 0. The topological polar surface area (TPSA) is 55.6 Å². The van der Waals surface area contributed by atoms with Crippen LogP contribution in [0, 0.1) is 0 Å². The fourth-order valence-electron chi connectivity index (χ4n) is 1.96. The Labute approximate surface area is 120 Å². The number of hydrogen-bond acceptors (Lipinski definition) is 4. The Morgan fingerprint density at radius 2 is 1.90 bits per heavy atom. The molecule has 0 saturated carbocycles. The number of nitrogens with zero attached hydrogens (tertiary/aromatic N) is 4. The van der Waals surface area contributed by atoms with E-state index in [9.17, 15) is 0 Å². The summed E-state index contributed by atoms with van der Waals surface area (Å²) in [5.41, 5.74) is 1.94. The van der Waals surface area contributed by atoms with Crippen LogP contribution < -0.4 is 5.32 Å². The lowest BCUT2D eigenvalue weighted by Crippen LogP contribution is -2.16. The molecule has 2 aromatic heterocycles. The number of anilines is 1. The Bertz CT molecular complexity index is 593. The predicted octanol–water partition coefficient (Wildman–Crippen LogP) is 3.26. The zero-order valence-electron chi connectivity index (χ0n) is 13.1. The highest BCUT2D eigenvalue weighted by Gasteiger charge is 2.20. The van der Waals surface area contributed by atoms with Crippen molar-refractivity contribution < 1.29 is 0 Å². The minimum atomic E-state index is -0.0219. The van der Waals surface area contributed by atoms with Crippen LogP contribution in [-0.4, -0.2) is 26.6 Å². The quantitative estimate of drug-likeness (QED) is 0.932. The molecule has 2 rings (SSSR count). The lowest BCUT2D eigenvalue weighted by atomic mass is 9.92. The maximum absolute atomic E-state index is 4.73. The van der Waals surface area contributed by atoms with Gasteiger partial charge in [-0.15, -0.1) is 0 Å². The van der Waals surface area contributed by atoms with Gasteiger partial charge in [-0.05, 0) is 13.8 Å². The molecule has 1 N–H and O–H groups in total. The fraction of sp³-hybridized carbons (Fsp3) is 0.533. The molecule has 0 aromatic carbocycles. The standard InChI is InChI=1S/C15H23N5/c1-10(2)20-9-17-8-11(20)14-18-12(15(3,4)5)7-13(16-6)19-14/h7-10H,1-6H3,(H,16,18,19). The fourth-order valence-corrected chi connectivity index (χ4v) is 1.96. The van der Waals surface area contributed by atoms with Crippen molar-refractivity contribution in [2.45, 2.75) is 46.1 Å². The van der Waals surface area contributed by atoms with Gasteiger partial charge < -0.3 is 9.88 Å². The molecule has 0 atom stereocenters. The minimum Gasteiger partial charge on any atom is -0.373 e. The summed E-state index contributed by atoms with van der Waals surface area (Å²) in [6.07, 6.45) is 3.65. The average molecular weight is 273 g/mol. The smallest absolute Gasteiger partial charge is 0.180 e. The Balaban J connectivity index is 2.59. The van der Waals surface area contributed by atoms with Crippen molar-refractivity contribution in [2.75, 3.05) is 12.4 Å². The minimum absolute atomic E-state index is 0.0219. The van der Waals surface area contributed by atoms with E-state index in [1.165, 1.54) is 0 Å². The first-order valence-corrected chi connectivity index (χ1v) is 6.92. The van der Waals surface area contributed by atoms with E-state index in [0.29, 0.717) is 11.9 Å². The molecule has 0 spiro atoms. The van der Waals surface area contributed by atoms with Gasteiger partial charge in [-0.3, -0.25) is 0 Å². The van der Waals surface area contributed by atoms with Crippen LogP contribution in [0.2, 0.25) is 0 Å². The highest BCUT2D eigenvalue weighted by atomic mass is 15.1. The second kappa shape index (κ2) is 5.23. The molecule has 0 fully saturated rings. The third kappa shape index (κ3) is 2.81. The van der Waals surface area contributed by atoms with Gasteiger partial charge in [0.25, 0.3) is 0 Å². The van der Waals surface area contributed by atoms with Gasteiger partial charge in [0.15, 0.2) is 5.82 Å². The molecule has 0 unspecified atom stereocenters. The first-order valence-electron chi connectivity index (χ1n) is 6.92. The molecule has 108 valence electrons. The molecular formula is C15H23N5. The SMILES string of the molecule is CNc1cc(C(C)(C)C)nc(-c2cncn2C(C)C)n1. The zero-order chi connectivity index (χ0) is 14.9. The summed E-state index contributed by atoms with van der Waals surface area (Å²) in [5.74, 6) is 1.55. The van der Waals surface area contributed by atoms with Gasteiger partial charge in [-0.25, -0.2) is 15.0 Å². The maximum Gasteiger partial charge on any atom is 0.180 e. The number of aromatic nitrogens is 4. The molecular weight excluding hydrogens is 250 g/mol. The van der Waals surface area contributed by atoms with Crippen molar-refractivity contribution in [1.82, 2.24) is 19.5 Å². The van der Waals surface area contributed by atoms with Crippen molar-refractivity contribution >= 4 is 5.82 Å². The zero-order valence-corrected chi connectivity index (χ0v) is 13.1. The van der Waals surface area contributed by atoms with Crippen molar-refractivity contribution in [3.63, 3.8) is 0 Å². The largest absolute Gasteiger partial charge is 0.373 e. The Morgan fingerprint density at radius 1 is 1.20 bits per heavy atom. The molecule has 0 aliphatic heterocycles. The lowest BCUT2D eigenvalue weighted by molar-refractivity contribution is 0.566. The summed E-state index contributed by atoms with van der Waals surface area (Å²) in [4.78, 5) is 13.5. The van der Waals surface area contributed by atoms with Gasteiger partial charge in [0, 0.05) is 24.6 Å². The summed E-state index contributed by atoms with van der Waals surface area (Å²) in [6.45, 7) is 10.7.